The number of piperidine rings is 2. The molecule has 2 aliphatic heterocycles. The monoisotopic (exact) mass is 440 g/mol. The maximum atomic E-state index is 12.9. The second-order valence-electron chi connectivity index (χ2n) is 9.10. The van der Waals surface area contributed by atoms with E-state index in [1.807, 2.05) is 11.0 Å². The van der Waals surface area contributed by atoms with Gasteiger partial charge in [-0.1, -0.05) is 48.5 Å². The fourth-order valence-electron chi connectivity index (χ4n) is 5.17. The second kappa shape index (κ2) is 9.53. The van der Waals surface area contributed by atoms with E-state index in [1.165, 1.54) is 5.56 Å². The summed E-state index contributed by atoms with van der Waals surface area (Å²) in [5.41, 5.74) is 1.47. The lowest BCUT2D eigenvalue weighted by Gasteiger charge is -2.48. The summed E-state index contributed by atoms with van der Waals surface area (Å²) in [6.07, 6.45) is 4.49. The highest BCUT2D eigenvalue weighted by Gasteiger charge is 2.40. The maximum absolute atomic E-state index is 12.9. The molecule has 2 aliphatic rings. The van der Waals surface area contributed by atoms with Gasteiger partial charge in [-0.3, -0.25) is 9.69 Å². The van der Waals surface area contributed by atoms with E-state index in [0.717, 1.165) is 58.4 Å². The first kappa shape index (κ1) is 22.0. The predicted molar refractivity (Wildman–Crippen MR) is 122 cm³/mol. The lowest BCUT2D eigenvalue weighted by atomic mass is 9.73. The third-order valence-corrected chi connectivity index (χ3v) is 8.42. The first-order valence-electron chi connectivity index (χ1n) is 11.3. The fraction of sp³-hybridized carbons (Fsp3) is 0.480. The van der Waals surface area contributed by atoms with E-state index in [-0.39, 0.29) is 23.5 Å². The summed E-state index contributed by atoms with van der Waals surface area (Å²) in [6, 6.07) is 19.0. The molecule has 31 heavy (non-hydrogen) atoms. The van der Waals surface area contributed by atoms with Crippen molar-refractivity contribution in [2.45, 2.75) is 43.5 Å². The van der Waals surface area contributed by atoms with E-state index < -0.39 is 9.84 Å². The average molecular weight is 441 g/mol. The van der Waals surface area contributed by atoms with Crippen LogP contribution in [-0.4, -0.2) is 56.1 Å². The third-order valence-electron chi connectivity index (χ3n) is 6.69. The van der Waals surface area contributed by atoms with Crippen LogP contribution in [-0.2, 0) is 21.2 Å². The Balaban J connectivity index is 1.35. The Labute approximate surface area is 186 Å². The van der Waals surface area contributed by atoms with Gasteiger partial charge in [-0.25, -0.2) is 8.42 Å². The van der Waals surface area contributed by atoms with Crippen LogP contribution in [0.1, 0.15) is 37.7 Å². The molecule has 1 amide bonds. The van der Waals surface area contributed by atoms with Gasteiger partial charge in [0.05, 0.1) is 10.6 Å². The number of hydrogen-bond acceptors (Lipinski definition) is 4. The Hall–Kier alpha value is -2.18. The lowest BCUT2D eigenvalue weighted by molar-refractivity contribution is -0.135. The predicted octanol–water partition coefficient (Wildman–Crippen LogP) is 3.76. The molecule has 2 aromatic rings. The van der Waals surface area contributed by atoms with Crippen LogP contribution < -0.4 is 0 Å². The van der Waals surface area contributed by atoms with Crippen LogP contribution >= 0.6 is 0 Å². The van der Waals surface area contributed by atoms with Crippen LogP contribution in [0.2, 0.25) is 0 Å². The van der Waals surface area contributed by atoms with Crippen LogP contribution in [0.3, 0.4) is 0 Å². The Morgan fingerprint density at radius 1 is 0.871 bits per heavy atom. The summed E-state index contributed by atoms with van der Waals surface area (Å²) in [7, 11) is -3.43. The van der Waals surface area contributed by atoms with Crippen LogP contribution in [0.25, 0.3) is 0 Å². The molecular formula is C25H32N2O3S. The summed E-state index contributed by atoms with van der Waals surface area (Å²) < 4.78 is 25.1. The molecule has 5 nitrogen and oxygen atoms in total. The molecule has 0 N–H and O–H groups in total. The zero-order valence-corrected chi connectivity index (χ0v) is 18.9. The standard InChI is InChI=1S/C25H32N2O3S/c28-24(13-18-31(29,30)23-11-5-2-6-12-23)27-17-8-15-25(21-27)14-7-16-26(20-25)19-22-9-3-1-4-10-22/h1-6,9-12H,7-8,13-21H2. The minimum absolute atomic E-state index is 0.0289. The summed E-state index contributed by atoms with van der Waals surface area (Å²) in [4.78, 5) is 17.7. The van der Waals surface area contributed by atoms with E-state index in [0.29, 0.717) is 4.90 Å². The molecule has 0 aromatic heterocycles. The Bertz CT molecular complexity index is 974. The first-order valence-corrected chi connectivity index (χ1v) is 12.9. The summed E-state index contributed by atoms with van der Waals surface area (Å²) in [5.74, 6) is -0.154. The minimum Gasteiger partial charge on any atom is -0.342 e. The van der Waals surface area contributed by atoms with Crippen LogP contribution in [0, 0.1) is 5.41 Å². The molecule has 4 rings (SSSR count). The van der Waals surface area contributed by atoms with Gasteiger partial charge in [-0.15, -0.1) is 0 Å². The number of benzene rings is 2. The molecule has 0 saturated carbocycles. The molecule has 1 atom stereocenters. The molecule has 2 aromatic carbocycles. The van der Waals surface area contributed by atoms with E-state index in [4.69, 9.17) is 0 Å². The highest BCUT2D eigenvalue weighted by Crippen LogP contribution is 2.39. The number of rotatable bonds is 6. The quantitative estimate of drug-likeness (QED) is 0.686. The van der Waals surface area contributed by atoms with Gasteiger partial charge < -0.3 is 4.90 Å². The number of amides is 1. The van der Waals surface area contributed by atoms with Gasteiger partial charge in [0.25, 0.3) is 0 Å². The molecule has 0 aliphatic carbocycles. The minimum atomic E-state index is -3.43. The van der Waals surface area contributed by atoms with Gasteiger partial charge in [0, 0.05) is 38.0 Å². The normalized spacial score (nSPS) is 22.5. The summed E-state index contributed by atoms with van der Waals surface area (Å²) >= 11 is 0. The van der Waals surface area contributed by atoms with Gasteiger partial charge >= 0.3 is 0 Å². The Morgan fingerprint density at radius 2 is 1.52 bits per heavy atom. The molecule has 0 bridgehead atoms. The SMILES string of the molecule is O=C(CCS(=O)(=O)c1ccccc1)N1CCCC2(CCCN(Cc3ccccc3)C2)C1. The molecule has 2 fully saturated rings. The lowest BCUT2D eigenvalue weighted by Crippen LogP contribution is -2.53. The molecule has 6 heteroatoms. The summed E-state index contributed by atoms with van der Waals surface area (Å²) in [6.45, 7) is 4.55. The van der Waals surface area contributed by atoms with Crippen molar-refractivity contribution in [1.29, 1.82) is 0 Å². The van der Waals surface area contributed by atoms with E-state index in [9.17, 15) is 13.2 Å². The van der Waals surface area contributed by atoms with Gasteiger partial charge in [-0.2, -0.15) is 0 Å². The van der Waals surface area contributed by atoms with Crippen molar-refractivity contribution in [2.75, 3.05) is 31.9 Å². The number of nitrogens with zero attached hydrogens (tertiary/aromatic N) is 2. The molecule has 2 heterocycles. The highest BCUT2D eigenvalue weighted by atomic mass is 32.2. The van der Waals surface area contributed by atoms with E-state index in [2.05, 4.69) is 29.2 Å². The number of likely N-dealkylation sites (tertiary alicyclic amines) is 2. The fourth-order valence-corrected chi connectivity index (χ4v) is 6.42. The second-order valence-corrected chi connectivity index (χ2v) is 11.2. The van der Waals surface area contributed by atoms with E-state index >= 15 is 0 Å². The zero-order valence-electron chi connectivity index (χ0n) is 18.1. The first-order chi connectivity index (χ1) is 15.0. The Kier molecular flexibility index (Phi) is 6.77. The van der Waals surface area contributed by atoms with Crippen LogP contribution in [0.5, 0.6) is 0 Å². The number of sulfone groups is 1. The van der Waals surface area contributed by atoms with Crippen molar-refractivity contribution < 1.29 is 13.2 Å². The molecule has 166 valence electrons. The number of carbonyl (C=O) groups excluding carboxylic acids is 1. The van der Waals surface area contributed by atoms with Gasteiger partial charge in [0.1, 0.15) is 0 Å². The molecule has 1 spiro atoms. The van der Waals surface area contributed by atoms with Crippen molar-refractivity contribution in [2.24, 2.45) is 5.41 Å². The van der Waals surface area contributed by atoms with Gasteiger partial charge in [0.15, 0.2) is 9.84 Å². The topological polar surface area (TPSA) is 57.7 Å². The molecule has 2 saturated heterocycles. The maximum Gasteiger partial charge on any atom is 0.223 e. The molecular weight excluding hydrogens is 408 g/mol. The number of carbonyl (C=O) groups is 1. The van der Waals surface area contributed by atoms with Crippen molar-refractivity contribution >= 4 is 15.7 Å². The Morgan fingerprint density at radius 3 is 2.23 bits per heavy atom. The van der Waals surface area contributed by atoms with Gasteiger partial charge in [-0.05, 0) is 49.9 Å². The van der Waals surface area contributed by atoms with E-state index in [1.54, 1.807) is 30.3 Å². The smallest absolute Gasteiger partial charge is 0.223 e. The van der Waals surface area contributed by atoms with Crippen molar-refractivity contribution in [3.05, 3.63) is 66.2 Å². The third kappa shape index (κ3) is 5.55. The number of hydrogen-bond donors (Lipinski definition) is 0. The molecule has 1 unspecified atom stereocenters. The largest absolute Gasteiger partial charge is 0.342 e. The van der Waals surface area contributed by atoms with Crippen molar-refractivity contribution in [1.82, 2.24) is 9.80 Å². The van der Waals surface area contributed by atoms with Gasteiger partial charge in [0.2, 0.25) is 5.91 Å². The van der Waals surface area contributed by atoms with Crippen LogP contribution in [0.15, 0.2) is 65.6 Å². The summed E-state index contributed by atoms with van der Waals surface area (Å²) in [5, 5.41) is 0. The average Bonchev–Trinajstić information content (AvgIpc) is 2.79. The highest BCUT2D eigenvalue weighted by molar-refractivity contribution is 7.91. The van der Waals surface area contributed by atoms with Crippen molar-refractivity contribution in [3.63, 3.8) is 0 Å². The van der Waals surface area contributed by atoms with Crippen LogP contribution in [0.4, 0.5) is 0 Å². The molecule has 0 radical (unpaired) electrons. The van der Waals surface area contributed by atoms with Crippen molar-refractivity contribution in [3.8, 4) is 0 Å². The zero-order chi connectivity index (χ0) is 21.7.